The smallest absolute Gasteiger partial charge is 0.220 e. The topological polar surface area (TPSA) is 94.1 Å². The first-order chi connectivity index (χ1) is 14.8. The second-order valence-corrected chi connectivity index (χ2v) is 8.11. The van der Waals surface area contributed by atoms with E-state index >= 15 is 0 Å². The molecule has 31 heavy (non-hydrogen) atoms. The van der Waals surface area contributed by atoms with E-state index in [4.69, 9.17) is 38.4 Å². The number of halogens is 2. The van der Waals surface area contributed by atoms with Crippen molar-refractivity contribution in [2.45, 2.75) is 25.9 Å². The van der Waals surface area contributed by atoms with Crippen LogP contribution in [0.25, 0.3) is 0 Å². The zero-order valence-electron chi connectivity index (χ0n) is 17.2. The lowest BCUT2D eigenvalue weighted by Gasteiger charge is -2.27. The van der Waals surface area contributed by atoms with Crippen LogP contribution in [0.4, 0.5) is 5.95 Å². The molecule has 2 N–H and O–H groups in total. The first kappa shape index (κ1) is 22.7. The van der Waals surface area contributed by atoms with Crippen molar-refractivity contribution in [1.82, 2.24) is 9.97 Å². The zero-order valence-corrected chi connectivity index (χ0v) is 18.7. The van der Waals surface area contributed by atoms with Crippen LogP contribution in [0.15, 0.2) is 48.7 Å². The lowest BCUT2D eigenvalue weighted by Crippen LogP contribution is -2.19. The van der Waals surface area contributed by atoms with Gasteiger partial charge in [0.25, 0.3) is 0 Å². The number of aromatic nitrogens is 2. The molecular formula is C23H22Cl2N4O2. The van der Waals surface area contributed by atoms with Crippen molar-refractivity contribution in [3.63, 3.8) is 0 Å². The summed E-state index contributed by atoms with van der Waals surface area (Å²) in [4.78, 5) is 7.99. The van der Waals surface area contributed by atoms with E-state index in [9.17, 15) is 5.26 Å². The molecule has 8 heteroatoms. The predicted molar refractivity (Wildman–Crippen MR) is 122 cm³/mol. The number of nitrogen functional groups attached to an aromatic ring is 1. The van der Waals surface area contributed by atoms with Crippen LogP contribution in [0.1, 0.15) is 36.2 Å². The van der Waals surface area contributed by atoms with E-state index in [2.05, 4.69) is 29.9 Å². The molecule has 0 bridgehead atoms. The largest absolute Gasteiger partial charge is 0.489 e. The normalized spacial score (nSPS) is 11.1. The monoisotopic (exact) mass is 456 g/mol. The second-order valence-electron chi connectivity index (χ2n) is 7.33. The maximum atomic E-state index is 9.55. The molecule has 6 nitrogen and oxygen atoms in total. The van der Waals surface area contributed by atoms with Crippen LogP contribution < -0.4 is 15.2 Å². The van der Waals surface area contributed by atoms with Gasteiger partial charge in [0.15, 0.2) is 5.75 Å². The average molecular weight is 457 g/mol. The highest BCUT2D eigenvalue weighted by Gasteiger charge is 2.26. The van der Waals surface area contributed by atoms with Gasteiger partial charge < -0.3 is 15.2 Å². The maximum absolute atomic E-state index is 9.55. The van der Waals surface area contributed by atoms with E-state index in [1.807, 2.05) is 30.3 Å². The first-order valence-electron chi connectivity index (χ1n) is 9.58. The van der Waals surface area contributed by atoms with Crippen LogP contribution in [0.2, 0.25) is 5.02 Å². The molecule has 0 radical (unpaired) electrons. The standard InChI is InChI=1S/C23H22Cl2N4O2/c1-23(2,17-11-15(13-26)21(20(25)12-17)30-10-8-24)16-3-5-19(6-4-16)31-14-18-7-9-28-22(27)29-18/h3-7,9,11-12H,8,10,14H2,1-2H3,(H2,27,28,29). The zero-order chi connectivity index (χ0) is 22.4. The van der Waals surface area contributed by atoms with Crippen LogP contribution in [0.5, 0.6) is 11.5 Å². The number of benzene rings is 2. The molecule has 0 saturated heterocycles. The summed E-state index contributed by atoms with van der Waals surface area (Å²) < 4.78 is 11.3. The van der Waals surface area contributed by atoms with Gasteiger partial charge >= 0.3 is 0 Å². The third-order valence-corrected chi connectivity index (χ3v) is 5.34. The van der Waals surface area contributed by atoms with Crippen LogP contribution in [-0.2, 0) is 12.0 Å². The Morgan fingerprint density at radius 1 is 1.10 bits per heavy atom. The summed E-state index contributed by atoms with van der Waals surface area (Å²) in [6.07, 6.45) is 1.60. The Morgan fingerprint density at radius 3 is 2.48 bits per heavy atom. The molecule has 0 saturated carbocycles. The Bertz CT molecular complexity index is 1100. The van der Waals surface area contributed by atoms with Crippen molar-refractivity contribution >= 4 is 29.2 Å². The van der Waals surface area contributed by atoms with Gasteiger partial charge in [-0.2, -0.15) is 5.26 Å². The quantitative estimate of drug-likeness (QED) is 0.473. The van der Waals surface area contributed by atoms with E-state index < -0.39 is 5.41 Å². The van der Waals surface area contributed by atoms with Gasteiger partial charge in [0.1, 0.15) is 25.0 Å². The van der Waals surface area contributed by atoms with Crippen molar-refractivity contribution in [3.05, 3.63) is 76.1 Å². The van der Waals surface area contributed by atoms with Crippen LogP contribution in [0.3, 0.4) is 0 Å². The van der Waals surface area contributed by atoms with Gasteiger partial charge in [0.2, 0.25) is 5.95 Å². The van der Waals surface area contributed by atoms with E-state index in [-0.39, 0.29) is 12.6 Å². The summed E-state index contributed by atoms with van der Waals surface area (Å²) >= 11 is 12.1. The number of nitrogens with zero attached hydrogens (tertiary/aromatic N) is 3. The van der Waals surface area contributed by atoms with E-state index in [0.717, 1.165) is 11.1 Å². The highest BCUT2D eigenvalue weighted by Crippen LogP contribution is 2.38. The van der Waals surface area contributed by atoms with Gasteiger partial charge in [-0.1, -0.05) is 37.6 Å². The van der Waals surface area contributed by atoms with Crippen molar-refractivity contribution in [3.8, 4) is 17.6 Å². The van der Waals surface area contributed by atoms with Crippen molar-refractivity contribution in [2.75, 3.05) is 18.2 Å². The number of nitrogens with two attached hydrogens (primary N) is 1. The van der Waals surface area contributed by atoms with E-state index in [1.165, 1.54) is 0 Å². The lowest BCUT2D eigenvalue weighted by atomic mass is 9.77. The summed E-state index contributed by atoms with van der Waals surface area (Å²) in [6.45, 7) is 4.71. The summed E-state index contributed by atoms with van der Waals surface area (Å²) in [5.41, 5.74) is 8.21. The third-order valence-electron chi connectivity index (χ3n) is 4.90. The third kappa shape index (κ3) is 5.38. The van der Waals surface area contributed by atoms with Gasteiger partial charge in [0, 0.05) is 11.6 Å². The van der Waals surface area contributed by atoms with Crippen molar-refractivity contribution < 1.29 is 9.47 Å². The van der Waals surface area contributed by atoms with Crippen LogP contribution >= 0.6 is 23.2 Å². The predicted octanol–water partition coefficient (Wildman–Crippen LogP) is 5.11. The van der Waals surface area contributed by atoms with Gasteiger partial charge in [0.05, 0.1) is 22.2 Å². The summed E-state index contributed by atoms with van der Waals surface area (Å²) in [7, 11) is 0. The van der Waals surface area contributed by atoms with Gasteiger partial charge in [-0.15, -0.1) is 11.6 Å². The van der Waals surface area contributed by atoms with Crippen LogP contribution in [-0.4, -0.2) is 22.5 Å². The molecule has 0 aliphatic rings. The number of alkyl halides is 1. The molecule has 3 aromatic rings. The molecule has 2 aromatic carbocycles. The molecule has 3 rings (SSSR count). The number of hydrogen-bond donors (Lipinski definition) is 1. The molecule has 1 aromatic heterocycles. The number of anilines is 1. The minimum absolute atomic E-state index is 0.215. The number of ether oxygens (including phenoxy) is 2. The summed E-state index contributed by atoms with van der Waals surface area (Å²) in [6, 6.07) is 15.3. The Hall–Kier alpha value is -3.01. The molecule has 0 aliphatic heterocycles. The van der Waals surface area contributed by atoms with Gasteiger partial charge in [-0.05, 0) is 41.5 Å². The average Bonchev–Trinajstić information content (AvgIpc) is 2.76. The molecule has 160 valence electrons. The molecule has 0 atom stereocenters. The fraction of sp³-hybridized carbons (Fsp3) is 0.261. The Kier molecular flexibility index (Phi) is 7.21. The number of nitriles is 1. The van der Waals surface area contributed by atoms with Crippen molar-refractivity contribution in [2.24, 2.45) is 0 Å². The van der Waals surface area contributed by atoms with Crippen LogP contribution in [0, 0.1) is 11.3 Å². The molecule has 0 amide bonds. The maximum Gasteiger partial charge on any atom is 0.220 e. The first-order valence-corrected chi connectivity index (χ1v) is 10.5. The Labute approximate surface area is 191 Å². The molecule has 0 aliphatic carbocycles. The minimum Gasteiger partial charge on any atom is -0.489 e. The molecule has 0 spiro atoms. The lowest BCUT2D eigenvalue weighted by molar-refractivity contribution is 0.301. The SMILES string of the molecule is CC(C)(c1ccc(OCc2ccnc(N)n2)cc1)c1cc(Cl)c(OCCCl)c(C#N)c1. The van der Waals surface area contributed by atoms with E-state index in [1.54, 1.807) is 18.3 Å². The number of hydrogen-bond acceptors (Lipinski definition) is 6. The molecule has 0 unspecified atom stereocenters. The second kappa shape index (κ2) is 9.86. The molecule has 1 heterocycles. The molecular weight excluding hydrogens is 435 g/mol. The fourth-order valence-corrected chi connectivity index (χ4v) is 3.46. The van der Waals surface area contributed by atoms with Crippen molar-refractivity contribution in [1.29, 1.82) is 5.26 Å². The highest BCUT2D eigenvalue weighted by molar-refractivity contribution is 6.32. The molecule has 0 fully saturated rings. The minimum atomic E-state index is -0.403. The van der Waals surface area contributed by atoms with Gasteiger partial charge in [-0.25, -0.2) is 9.97 Å². The van der Waals surface area contributed by atoms with Gasteiger partial charge in [-0.3, -0.25) is 0 Å². The number of rotatable bonds is 8. The summed E-state index contributed by atoms with van der Waals surface area (Å²) in [5.74, 6) is 1.59. The fourth-order valence-electron chi connectivity index (χ4n) is 3.11. The highest BCUT2D eigenvalue weighted by atomic mass is 35.5. The van der Waals surface area contributed by atoms with E-state index in [0.29, 0.717) is 40.3 Å². The summed E-state index contributed by atoms with van der Waals surface area (Å²) in [5, 5.41) is 9.94. The Morgan fingerprint density at radius 2 is 1.84 bits per heavy atom. The Balaban J connectivity index is 1.80.